The fourth-order valence-corrected chi connectivity index (χ4v) is 1.95. The first-order chi connectivity index (χ1) is 5.90. The van der Waals surface area contributed by atoms with E-state index in [9.17, 15) is 0 Å². The number of hydrogen-bond acceptors (Lipinski definition) is 1. The molecule has 0 heterocycles. The summed E-state index contributed by atoms with van der Waals surface area (Å²) < 4.78 is 0. The average molecular weight is 161 g/mol. The van der Waals surface area contributed by atoms with Crippen LogP contribution in [0, 0.1) is 0 Å². The highest BCUT2D eigenvalue weighted by Crippen LogP contribution is 2.22. The first-order valence-corrected chi connectivity index (χ1v) is 4.71. The topological polar surface area (TPSA) is 26.0 Å². The van der Waals surface area contributed by atoms with E-state index in [-0.39, 0.29) is 0 Å². The molecule has 1 aliphatic carbocycles. The second-order valence-electron chi connectivity index (χ2n) is 3.50. The van der Waals surface area contributed by atoms with Gasteiger partial charge >= 0.3 is 0 Å². The molecule has 1 nitrogen and oxygen atoms in total. The molecule has 0 atom stereocenters. The third kappa shape index (κ3) is 1.37. The number of fused-ring (bicyclic) bond motifs is 1. The Bertz CT molecular complexity index is 278. The normalized spacial score (nSPS) is 14.8. The van der Waals surface area contributed by atoms with Crippen LogP contribution >= 0.6 is 0 Å². The summed E-state index contributed by atoms with van der Waals surface area (Å²) in [5.74, 6) is 0. The standard InChI is InChI=1S/C11H15N/c12-7-6-9-4-5-10-2-1-3-11(10)8-9/h4-5,8H,1-3,6-7,12H2. The maximum absolute atomic E-state index is 5.51. The Hall–Kier alpha value is -0.820. The first kappa shape index (κ1) is 7.81. The van der Waals surface area contributed by atoms with Gasteiger partial charge in [-0.05, 0) is 48.9 Å². The number of benzene rings is 1. The molecule has 0 unspecified atom stereocenters. The van der Waals surface area contributed by atoms with Crippen molar-refractivity contribution in [2.75, 3.05) is 6.54 Å². The summed E-state index contributed by atoms with van der Waals surface area (Å²) in [6.07, 6.45) is 4.90. The third-order valence-corrected chi connectivity index (χ3v) is 2.60. The summed E-state index contributed by atoms with van der Waals surface area (Å²) in [6, 6.07) is 6.82. The number of aryl methyl sites for hydroxylation is 2. The van der Waals surface area contributed by atoms with E-state index in [1.165, 1.54) is 24.8 Å². The van der Waals surface area contributed by atoms with Crippen LogP contribution in [-0.2, 0) is 19.3 Å². The summed E-state index contributed by atoms with van der Waals surface area (Å²) in [6.45, 7) is 0.763. The largest absolute Gasteiger partial charge is 0.330 e. The lowest BCUT2D eigenvalue weighted by Crippen LogP contribution is -2.02. The SMILES string of the molecule is NCCc1ccc2c(c1)CCC2. The third-order valence-electron chi connectivity index (χ3n) is 2.60. The van der Waals surface area contributed by atoms with E-state index < -0.39 is 0 Å². The lowest BCUT2D eigenvalue weighted by molar-refractivity contribution is 0.910. The summed E-state index contributed by atoms with van der Waals surface area (Å²) in [5, 5.41) is 0. The van der Waals surface area contributed by atoms with Crippen molar-refractivity contribution in [3.8, 4) is 0 Å². The minimum absolute atomic E-state index is 0.763. The van der Waals surface area contributed by atoms with E-state index in [4.69, 9.17) is 5.73 Å². The second-order valence-corrected chi connectivity index (χ2v) is 3.50. The second kappa shape index (κ2) is 3.28. The lowest BCUT2D eigenvalue weighted by Gasteiger charge is -2.02. The van der Waals surface area contributed by atoms with Crippen molar-refractivity contribution in [2.45, 2.75) is 25.7 Å². The Balaban J connectivity index is 2.26. The maximum atomic E-state index is 5.51. The van der Waals surface area contributed by atoms with Crippen molar-refractivity contribution in [3.05, 3.63) is 34.9 Å². The highest BCUT2D eigenvalue weighted by molar-refractivity contribution is 5.35. The Morgan fingerprint density at radius 2 is 2.00 bits per heavy atom. The van der Waals surface area contributed by atoms with Crippen LogP contribution in [-0.4, -0.2) is 6.54 Å². The van der Waals surface area contributed by atoms with Crippen molar-refractivity contribution < 1.29 is 0 Å². The molecule has 0 saturated heterocycles. The van der Waals surface area contributed by atoms with Gasteiger partial charge in [-0.2, -0.15) is 0 Å². The summed E-state index contributed by atoms with van der Waals surface area (Å²) in [7, 11) is 0. The zero-order valence-corrected chi connectivity index (χ0v) is 7.34. The predicted octanol–water partition coefficient (Wildman–Crippen LogP) is 1.68. The molecular weight excluding hydrogens is 146 g/mol. The summed E-state index contributed by atoms with van der Waals surface area (Å²) in [4.78, 5) is 0. The molecule has 1 aliphatic rings. The van der Waals surface area contributed by atoms with Gasteiger partial charge in [0, 0.05) is 0 Å². The highest BCUT2D eigenvalue weighted by Gasteiger charge is 2.09. The molecular formula is C11H15N. The molecule has 12 heavy (non-hydrogen) atoms. The predicted molar refractivity (Wildman–Crippen MR) is 51.2 cm³/mol. The minimum atomic E-state index is 0.763. The highest BCUT2D eigenvalue weighted by atomic mass is 14.5. The molecule has 0 spiro atoms. The van der Waals surface area contributed by atoms with E-state index >= 15 is 0 Å². The van der Waals surface area contributed by atoms with E-state index in [0.717, 1.165) is 13.0 Å². The van der Waals surface area contributed by atoms with Crippen LogP contribution in [0.4, 0.5) is 0 Å². The molecule has 2 rings (SSSR count). The van der Waals surface area contributed by atoms with Crippen LogP contribution in [0.15, 0.2) is 18.2 Å². The van der Waals surface area contributed by atoms with Crippen LogP contribution in [0.25, 0.3) is 0 Å². The monoisotopic (exact) mass is 161 g/mol. The Morgan fingerprint density at radius 3 is 2.83 bits per heavy atom. The van der Waals surface area contributed by atoms with Crippen LogP contribution in [0.5, 0.6) is 0 Å². The van der Waals surface area contributed by atoms with Crippen LogP contribution in [0.3, 0.4) is 0 Å². The summed E-state index contributed by atoms with van der Waals surface area (Å²) >= 11 is 0. The van der Waals surface area contributed by atoms with Crippen molar-refractivity contribution in [3.63, 3.8) is 0 Å². The van der Waals surface area contributed by atoms with Gasteiger partial charge in [0.2, 0.25) is 0 Å². The van der Waals surface area contributed by atoms with Crippen LogP contribution in [0.1, 0.15) is 23.1 Å². The van der Waals surface area contributed by atoms with Crippen molar-refractivity contribution in [1.82, 2.24) is 0 Å². The zero-order chi connectivity index (χ0) is 8.39. The zero-order valence-electron chi connectivity index (χ0n) is 7.34. The van der Waals surface area contributed by atoms with E-state index in [2.05, 4.69) is 18.2 Å². The molecule has 1 aromatic rings. The van der Waals surface area contributed by atoms with Crippen molar-refractivity contribution in [1.29, 1.82) is 0 Å². The molecule has 2 N–H and O–H groups in total. The van der Waals surface area contributed by atoms with Gasteiger partial charge in [0.15, 0.2) is 0 Å². The number of rotatable bonds is 2. The van der Waals surface area contributed by atoms with Gasteiger partial charge in [0.05, 0.1) is 0 Å². The fraction of sp³-hybridized carbons (Fsp3) is 0.455. The van der Waals surface area contributed by atoms with Gasteiger partial charge in [-0.25, -0.2) is 0 Å². The molecule has 0 radical (unpaired) electrons. The number of hydrogen-bond donors (Lipinski definition) is 1. The molecule has 0 amide bonds. The molecule has 0 aliphatic heterocycles. The molecule has 1 heteroatoms. The van der Waals surface area contributed by atoms with Gasteiger partial charge < -0.3 is 5.73 Å². The molecule has 0 fully saturated rings. The molecule has 1 aromatic carbocycles. The minimum Gasteiger partial charge on any atom is -0.330 e. The Kier molecular flexibility index (Phi) is 2.13. The number of nitrogens with two attached hydrogens (primary N) is 1. The molecule has 0 saturated carbocycles. The Labute approximate surface area is 73.6 Å². The molecule has 0 aromatic heterocycles. The van der Waals surface area contributed by atoms with Crippen LogP contribution < -0.4 is 5.73 Å². The molecule has 0 bridgehead atoms. The van der Waals surface area contributed by atoms with Crippen LogP contribution in [0.2, 0.25) is 0 Å². The smallest absolute Gasteiger partial charge is 0.00367 e. The van der Waals surface area contributed by atoms with Gasteiger partial charge in [-0.15, -0.1) is 0 Å². The van der Waals surface area contributed by atoms with Gasteiger partial charge in [-0.1, -0.05) is 18.2 Å². The molecule has 64 valence electrons. The van der Waals surface area contributed by atoms with Crippen molar-refractivity contribution >= 4 is 0 Å². The quantitative estimate of drug-likeness (QED) is 0.701. The van der Waals surface area contributed by atoms with Gasteiger partial charge in [0.1, 0.15) is 0 Å². The van der Waals surface area contributed by atoms with E-state index in [0.29, 0.717) is 0 Å². The van der Waals surface area contributed by atoms with E-state index in [1.54, 1.807) is 11.1 Å². The van der Waals surface area contributed by atoms with E-state index in [1.807, 2.05) is 0 Å². The van der Waals surface area contributed by atoms with Gasteiger partial charge in [-0.3, -0.25) is 0 Å². The van der Waals surface area contributed by atoms with Gasteiger partial charge in [0.25, 0.3) is 0 Å². The van der Waals surface area contributed by atoms with Crippen molar-refractivity contribution in [2.24, 2.45) is 5.73 Å². The average Bonchev–Trinajstić information content (AvgIpc) is 2.51. The Morgan fingerprint density at radius 1 is 1.17 bits per heavy atom. The first-order valence-electron chi connectivity index (χ1n) is 4.71. The lowest BCUT2D eigenvalue weighted by atomic mass is 10.0. The fourth-order valence-electron chi connectivity index (χ4n) is 1.95. The summed E-state index contributed by atoms with van der Waals surface area (Å²) in [5.41, 5.74) is 10.0. The maximum Gasteiger partial charge on any atom is -0.00367 e.